The van der Waals surface area contributed by atoms with Crippen LogP contribution >= 0.6 is 15.9 Å². The molecule has 170 valence electrons. The van der Waals surface area contributed by atoms with E-state index < -0.39 is 5.91 Å². The zero-order valence-corrected chi connectivity index (χ0v) is 19.9. The lowest BCUT2D eigenvalue weighted by molar-refractivity contribution is 0.0846. The molecule has 2 N–H and O–H groups in total. The molecule has 1 aromatic heterocycles. The number of aromatic nitrogens is 1. The first-order valence-corrected chi connectivity index (χ1v) is 11.5. The van der Waals surface area contributed by atoms with Crippen molar-refractivity contribution in [1.29, 1.82) is 0 Å². The van der Waals surface area contributed by atoms with Gasteiger partial charge < -0.3 is 9.64 Å². The Morgan fingerprint density at radius 2 is 1.56 bits per heavy atom. The van der Waals surface area contributed by atoms with Crippen molar-refractivity contribution >= 4 is 50.2 Å². The molecule has 7 nitrogen and oxygen atoms in total. The third kappa shape index (κ3) is 4.32. The molecule has 0 spiro atoms. The number of hydrogen-bond acceptors (Lipinski definition) is 5. The van der Waals surface area contributed by atoms with E-state index in [-0.39, 0.29) is 5.91 Å². The first kappa shape index (κ1) is 21.9. The predicted molar refractivity (Wildman–Crippen MR) is 135 cm³/mol. The van der Waals surface area contributed by atoms with Crippen molar-refractivity contribution in [2.75, 3.05) is 18.6 Å². The smallest absolute Gasteiger partial charge is 0.269 e. The average Bonchev–Trinajstić information content (AvgIpc) is 3.28. The summed E-state index contributed by atoms with van der Waals surface area (Å²) < 4.78 is 6.21. The maximum Gasteiger partial charge on any atom is 0.269 e. The van der Waals surface area contributed by atoms with Gasteiger partial charge in [-0.05, 0) is 78.7 Å². The molecule has 4 aromatic rings. The predicted octanol–water partition coefficient (Wildman–Crippen LogP) is 4.77. The summed E-state index contributed by atoms with van der Waals surface area (Å²) in [7, 11) is 1.64. The van der Waals surface area contributed by atoms with E-state index in [4.69, 9.17) is 9.72 Å². The van der Waals surface area contributed by atoms with Gasteiger partial charge in [-0.2, -0.15) is 0 Å². The number of methoxy groups -OCH3 is 1. The van der Waals surface area contributed by atoms with Crippen molar-refractivity contribution < 1.29 is 14.3 Å². The van der Waals surface area contributed by atoms with Gasteiger partial charge in [-0.1, -0.05) is 15.9 Å². The molecule has 0 bridgehead atoms. The molecule has 8 heteroatoms. The Balaban J connectivity index is 1.29. The Hall–Kier alpha value is -3.91. The SMILES string of the molecule is COc1ccc2cc3c(nc2c1)N(c1ccc(C(=O)NNC(=O)c2ccc(Br)cc2)cc1)CC3. The topological polar surface area (TPSA) is 83.6 Å². The van der Waals surface area contributed by atoms with Gasteiger partial charge in [0.25, 0.3) is 11.8 Å². The van der Waals surface area contributed by atoms with Gasteiger partial charge in [-0.15, -0.1) is 0 Å². The summed E-state index contributed by atoms with van der Waals surface area (Å²) >= 11 is 3.33. The van der Waals surface area contributed by atoms with Crippen LogP contribution in [0.1, 0.15) is 26.3 Å². The van der Waals surface area contributed by atoms with Gasteiger partial charge >= 0.3 is 0 Å². The number of nitrogens with one attached hydrogen (secondary N) is 2. The molecule has 0 radical (unpaired) electrons. The first-order chi connectivity index (χ1) is 16.5. The lowest BCUT2D eigenvalue weighted by Crippen LogP contribution is -2.41. The van der Waals surface area contributed by atoms with Crippen LogP contribution in [0.25, 0.3) is 10.9 Å². The molecule has 3 aromatic carbocycles. The Morgan fingerprint density at radius 3 is 2.21 bits per heavy atom. The van der Waals surface area contributed by atoms with Gasteiger partial charge in [0.15, 0.2) is 0 Å². The Kier molecular flexibility index (Phi) is 5.90. The van der Waals surface area contributed by atoms with Crippen LogP contribution in [0.3, 0.4) is 0 Å². The Labute approximate surface area is 204 Å². The van der Waals surface area contributed by atoms with Gasteiger partial charge in [0.1, 0.15) is 11.6 Å². The number of carbonyl (C=O) groups excluding carboxylic acids is 2. The number of halogens is 1. The highest BCUT2D eigenvalue weighted by molar-refractivity contribution is 9.10. The number of anilines is 2. The van der Waals surface area contributed by atoms with E-state index in [1.165, 1.54) is 5.56 Å². The van der Waals surface area contributed by atoms with Crippen molar-refractivity contribution in [2.45, 2.75) is 6.42 Å². The fourth-order valence-corrected chi connectivity index (χ4v) is 4.23. The van der Waals surface area contributed by atoms with Gasteiger partial charge in [0.2, 0.25) is 0 Å². The second-order valence-electron chi connectivity index (χ2n) is 7.89. The van der Waals surface area contributed by atoms with Crippen molar-refractivity contribution in [3.63, 3.8) is 0 Å². The maximum atomic E-state index is 12.5. The van der Waals surface area contributed by atoms with E-state index >= 15 is 0 Å². The quantitative estimate of drug-likeness (QED) is 0.381. The summed E-state index contributed by atoms with van der Waals surface area (Å²) in [6.45, 7) is 0.810. The first-order valence-electron chi connectivity index (χ1n) is 10.7. The third-order valence-corrected chi connectivity index (χ3v) is 6.31. The number of benzene rings is 3. The number of hydrazine groups is 1. The number of amides is 2. The summed E-state index contributed by atoms with van der Waals surface area (Å²) in [5, 5.41) is 1.08. The highest BCUT2D eigenvalue weighted by Crippen LogP contribution is 2.35. The van der Waals surface area contributed by atoms with Crippen LogP contribution in [-0.4, -0.2) is 30.5 Å². The minimum Gasteiger partial charge on any atom is -0.497 e. The molecular formula is C26H21BrN4O3. The lowest BCUT2D eigenvalue weighted by Gasteiger charge is -2.19. The van der Waals surface area contributed by atoms with Crippen LogP contribution < -0.4 is 20.5 Å². The number of nitrogens with zero attached hydrogens (tertiary/aromatic N) is 2. The standard InChI is InChI=1S/C26H21BrN4O3/c1-34-22-11-6-18-14-19-12-13-31(24(19)28-23(18)15-22)21-9-4-17(5-10-21)26(33)30-29-25(32)16-2-7-20(27)8-3-16/h2-11,14-15H,12-13H2,1H3,(H,29,32)(H,30,33). The van der Waals surface area contributed by atoms with Crippen molar-refractivity contribution in [1.82, 2.24) is 15.8 Å². The van der Waals surface area contributed by atoms with Crippen molar-refractivity contribution in [2.24, 2.45) is 0 Å². The summed E-state index contributed by atoms with van der Waals surface area (Å²) in [6.07, 6.45) is 0.897. The Morgan fingerprint density at radius 1 is 0.912 bits per heavy atom. The molecule has 1 aliphatic heterocycles. The summed E-state index contributed by atoms with van der Waals surface area (Å²) in [4.78, 5) is 31.7. The van der Waals surface area contributed by atoms with E-state index in [0.29, 0.717) is 11.1 Å². The molecule has 0 fully saturated rings. The third-order valence-electron chi connectivity index (χ3n) is 5.78. The molecule has 2 heterocycles. The highest BCUT2D eigenvalue weighted by Gasteiger charge is 2.23. The lowest BCUT2D eigenvalue weighted by atomic mass is 10.1. The minimum absolute atomic E-state index is 0.388. The molecule has 0 saturated carbocycles. The van der Waals surface area contributed by atoms with Crippen LogP contribution in [0.2, 0.25) is 0 Å². The fraction of sp³-hybridized carbons (Fsp3) is 0.115. The molecule has 5 rings (SSSR count). The number of pyridine rings is 1. The van der Waals surface area contributed by atoms with Gasteiger partial charge in [-0.3, -0.25) is 20.4 Å². The largest absolute Gasteiger partial charge is 0.497 e. The average molecular weight is 517 g/mol. The molecule has 0 unspecified atom stereocenters. The molecular weight excluding hydrogens is 496 g/mol. The molecule has 0 saturated heterocycles. The van der Waals surface area contributed by atoms with E-state index in [1.54, 1.807) is 43.5 Å². The number of hydrogen-bond donors (Lipinski definition) is 2. The van der Waals surface area contributed by atoms with Gasteiger partial charge in [-0.25, -0.2) is 4.98 Å². The summed E-state index contributed by atoms with van der Waals surface area (Å²) in [5.74, 6) is 0.905. The molecule has 0 atom stereocenters. The van der Waals surface area contributed by atoms with Crippen LogP contribution in [0, 0.1) is 0 Å². The zero-order chi connectivity index (χ0) is 23.7. The number of ether oxygens (including phenoxy) is 1. The van der Waals surface area contributed by atoms with E-state index in [0.717, 1.165) is 45.6 Å². The minimum atomic E-state index is -0.393. The number of rotatable bonds is 4. The van der Waals surface area contributed by atoms with Gasteiger partial charge in [0.05, 0.1) is 12.6 Å². The molecule has 1 aliphatic rings. The monoisotopic (exact) mass is 516 g/mol. The second kappa shape index (κ2) is 9.15. The highest BCUT2D eigenvalue weighted by atomic mass is 79.9. The van der Waals surface area contributed by atoms with Crippen LogP contribution in [0.5, 0.6) is 5.75 Å². The normalized spacial score (nSPS) is 12.4. The summed E-state index contributed by atoms with van der Waals surface area (Å²) in [5.41, 5.74) is 8.80. The number of fused-ring (bicyclic) bond motifs is 2. The second-order valence-corrected chi connectivity index (χ2v) is 8.81. The van der Waals surface area contributed by atoms with E-state index in [2.05, 4.69) is 37.7 Å². The molecule has 0 aliphatic carbocycles. The maximum absolute atomic E-state index is 12.5. The Bertz CT molecular complexity index is 1390. The van der Waals surface area contributed by atoms with Crippen molar-refractivity contribution in [3.05, 3.63) is 94.0 Å². The zero-order valence-electron chi connectivity index (χ0n) is 18.3. The van der Waals surface area contributed by atoms with Crippen LogP contribution in [-0.2, 0) is 6.42 Å². The van der Waals surface area contributed by atoms with E-state index in [1.807, 2.05) is 30.3 Å². The summed E-state index contributed by atoms with van der Waals surface area (Å²) in [6, 6.07) is 22.2. The van der Waals surface area contributed by atoms with Gasteiger partial charge in [0, 0.05) is 39.3 Å². The van der Waals surface area contributed by atoms with E-state index in [9.17, 15) is 9.59 Å². The molecule has 2 amide bonds. The molecule has 34 heavy (non-hydrogen) atoms. The van der Waals surface area contributed by atoms with Crippen LogP contribution in [0.4, 0.5) is 11.5 Å². The fourth-order valence-electron chi connectivity index (χ4n) is 3.97. The van der Waals surface area contributed by atoms with Crippen molar-refractivity contribution in [3.8, 4) is 5.75 Å². The van der Waals surface area contributed by atoms with Crippen LogP contribution in [0.15, 0.2) is 77.3 Å². The number of carbonyl (C=O) groups is 2.